The number of fused-ring (bicyclic) bond motifs is 1. The van der Waals surface area contributed by atoms with Crippen LogP contribution in [0.3, 0.4) is 0 Å². The van der Waals surface area contributed by atoms with Gasteiger partial charge in [0.05, 0.1) is 11.7 Å². The van der Waals surface area contributed by atoms with E-state index < -0.39 is 0 Å². The van der Waals surface area contributed by atoms with Gasteiger partial charge >= 0.3 is 0 Å². The van der Waals surface area contributed by atoms with Crippen LogP contribution in [-0.2, 0) is 0 Å². The predicted molar refractivity (Wildman–Crippen MR) is 126 cm³/mol. The van der Waals surface area contributed by atoms with Crippen molar-refractivity contribution in [2.24, 2.45) is 0 Å². The molecule has 0 spiro atoms. The summed E-state index contributed by atoms with van der Waals surface area (Å²) < 4.78 is 26.7. The Bertz CT molecular complexity index is 1330. The fourth-order valence-electron chi connectivity index (χ4n) is 4.44. The number of ether oxygens (including phenoxy) is 2. The zero-order valence-corrected chi connectivity index (χ0v) is 18.2. The number of hydrogen-bond acceptors (Lipinski definition) is 4. The molecule has 33 heavy (non-hydrogen) atoms. The van der Waals surface area contributed by atoms with Crippen molar-refractivity contribution in [1.82, 2.24) is 14.9 Å². The minimum Gasteiger partial charge on any atom is -0.454 e. The number of nitrogens with one attached hydrogen (secondary N) is 1. The third kappa shape index (κ3) is 3.39. The molecule has 4 aromatic rings. The number of anilines is 1. The molecule has 6 rings (SSSR count). The topological polar surface area (TPSA) is 51.6 Å². The Balaban J connectivity index is 1.50. The Morgan fingerprint density at radius 1 is 0.939 bits per heavy atom. The zero-order valence-electron chi connectivity index (χ0n) is 17.4. The van der Waals surface area contributed by atoms with Gasteiger partial charge in [-0.2, -0.15) is 0 Å². The van der Waals surface area contributed by atoms with E-state index in [0.29, 0.717) is 16.6 Å². The summed E-state index contributed by atoms with van der Waals surface area (Å²) in [5.41, 5.74) is 3.61. The van der Waals surface area contributed by atoms with Crippen LogP contribution in [0, 0.1) is 5.82 Å². The van der Waals surface area contributed by atoms with Crippen LogP contribution in [0.25, 0.3) is 5.69 Å². The lowest BCUT2D eigenvalue weighted by molar-refractivity contribution is 0.174. The average Bonchev–Trinajstić information content (AvgIpc) is 3.57. The van der Waals surface area contributed by atoms with Crippen LogP contribution in [0.5, 0.6) is 11.5 Å². The first-order valence-electron chi connectivity index (χ1n) is 10.5. The second-order valence-corrected chi connectivity index (χ2v) is 8.20. The standard InChI is InChI=1S/C25H19FN4O2S/c26-16-6-8-17(9-7-16)29-13-3-5-20(29)24-23(19-4-1-2-12-27-19)28-25(33)30(24)18-10-11-21-22(14-18)32-15-31-21/h1-14,23-24H,15H2,(H,28,33)/t23-,24-/m0/s1. The highest BCUT2D eigenvalue weighted by atomic mass is 32.1. The Hall–Kier alpha value is -3.91. The van der Waals surface area contributed by atoms with E-state index in [1.807, 2.05) is 48.7 Å². The second-order valence-electron chi connectivity index (χ2n) is 7.81. The van der Waals surface area contributed by atoms with Gasteiger partial charge in [0.25, 0.3) is 0 Å². The van der Waals surface area contributed by atoms with Crippen molar-refractivity contribution in [3.05, 3.63) is 102 Å². The molecule has 1 N–H and O–H groups in total. The van der Waals surface area contributed by atoms with E-state index in [4.69, 9.17) is 21.7 Å². The van der Waals surface area contributed by atoms with E-state index in [-0.39, 0.29) is 24.7 Å². The van der Waals surface area contributed by atoms with Crippen LogP contribution < -0.4 is 19.7 Å². The number of thiocarbonyl (C=S) groups is 1. The summed E-state index contributed by atoms with van der Waals surface area (Å²) >= 11 is 5.81. The summed E-state index contributed by atoms with van der Waals surface area (Å²) in [5.74, 6) is 1.12. The summed E-state index contributed by atoms with van der Waals surface area (Å²) in [6.45, 7) is 0.203. The lowest BCUT2D eigenvalue weighted by atomic mass is 10.0. The van der Waals surface area contributed by atoms with Gasteiger partial charge in [0.1, 0.15) is 11.9 Å². The molecule has 2 aliphatic heterocycles. The van der Waals surface area contributed by atoms with Crippen molar-refractivity contribution < 1.29 is 13.9 Å². The molecule has 2 aromatic carbocycles. The Morgan fingerprint density at radius 3 is 2.58 bits per heavy atom. The lowest BCUT2D eigenvalue weighted by Crippen LogP contribution is -2.30. The van der Waals surface area contributed by atoms with Gasteiger partial charge in [0.15, 0.2) is 16.6 Å². The van der Waals surface area contributed by atoms with E-state index in [9.17, 15) is 4.39 Å². The predicted octanol–water partition coefficient (Wildman–Crippen LogP) is 4.92. The van der Waals surface area contributed by atoms with Gasteiger partial charge < -0.3 is 24.3 Å². The minimum atomic E-state index is -0.274. The molecule has 2 aromatic heterocycles. The summed E-state index contributed by atoms with van der Waals surface area (Å²) in [7, 11) is 0. The van der Waals surface area contributed by atoms with Crippen LogP contribution in [0.15, 0.2) is 85.2 Å². The van der Waals surface area contributed by atoms with Crippen molar-refractivity contribution in [2.75, 3.05) is 11.7 Å². The van der Waals surface area contributed by atoms with Crippen molar-refractivity contribution in [3.8, 4) is 17.2 Å². The molecule has 1 fully saturated rings. The van der Waals surface area contributed by atoms with Gasteiger partial charge in [-0.3, -0.25) is 4.98 Å². The molecule has 0 aliphatic carbocycles. The molecule has 0 radical (unpaired) electrons. The molecular formula is C25H19FN4O2S. The SMILES string of the molecule is Fc1ccc(-n2cccc2[C@H]2[C@H](c3ccccn3)NC(=S)N2c2ccc3c(c2)OCO3)cc1. The first-order valence-corrected chi connectivity index (χ1v) is 10.9. The Labute approximate surface area is 195 Å². The van der Waals surface area contributed by atoms with E-state index in [2.05, 4.69) is 25.8 Å². The molecule has 2 aliphatic rings. The van der Waals surface area contributed by atoms with Crippen molar-refractivity contribution >= 4 is 23.0 Å². The summed E-state index contributed by atoms with van der Waals surface area (Å²) in [5, 5.41) is 4.05. The third-order valence-corrected chi connectivity index (χ3v) is 6.24. The number of nitrogens with zero attached hydrogens (tertiary/aromatic N) is 3. The molecule has 8 heteroatoms. The van der Waals surface area contributed by atoms with E-state index in [1.54, 1.807) is 18.3 Å². The van der Waals surface area contributed by atoms with Crippen molar-refractivity contribution in [1.29, 1.82) is 0 Å². The Kier molecular flexibility index (Phi) is 4.73. The maximum Gasteiger partial charge on any atom is 0.231 e. The van der Waals surface area contributed by atoms with E-state index in [0.717, 1.165) is 22.8 Å². The molecular weight excluding hydrogens is 439 g/mol. The molecule has 6 nitrogen and oxygen atoms in total. The third-order valence-electron chi connectivity index (χ3n) is 5.92. The molecule has 164 valence electrons. The van der Waals surface area contributed by atoms with Crippen LogP contribution in [0.1, 0.15) is 23.5 Å². The molecule has 0 amide bonds. The normalized spacial score (nSPS) is 19.1. The highest BCUT2D eigenvalue weighted by Gasteiger charge is 2.42. The van der Waals surface area contributed by atoms with Gasteiger partial charge in [-0.05, 0) is 72.9 Å². The number of halogens is 1. The van der Waals surface area contributed by atoms with Crippen LogP contribution in [0.4, 0.5) is 10.1 Å². The van der Waals surface area contributed by atoms with Gasteiger partial charge in [-0.1, -0.05) is 6.07 Å². The van der Waals surface area contributed by atoms with Gasteiger partial charge in [0.2, 0.25) is 6.79 Å². The number of aromatic nitrogens is 2. The largest absolute Gasteiger partial charge is 0.454 e. The number of rotatable bonds is 4. The van der Waals surface area contributed by atoms with Gasteiger partial charge in [-0.25, -0.2) is 4.39 Å². The molecule has 0 saturated carbocycles. The molecule has 2 atom stereocenters. The first kappa shape index (κ1) is 19.8. The van der Waals surface area contributed by atoms with Crippen molar-refractivity contribution in [2.45, 2.75) is 12.1 Å². The van der Waals surface area contributed by atoms with E-state index >= 15 is 0 Å². The molecule has 0 bridgehead atoms. The number of hydrogen-bond donors (Lipinski definition) is 1. The van der Waals surface area contributed by atoms with Crippen LogP contribution >= 0.6 is 12.2 Å². The summed E-state index contributed by atoms with van der Waals surface area (Å²) in [4.78, 5) is 6.68. The smallest absolute Gasteiger partial charge is 0.231 e. The number of pyridine rings is 1. The number of benzene rings is 2. The summed E-state index contributed by atoms with van der Waals surface area (Å²) in [6, 6.07) is 21.7. The molecule has 1 saturated heterocycles. The highest BCUT2D eigenvalue weighted by Crippen LogP contribution is 2.44. The highest BCUT2D eigenvalue weighted by molar-refractivity contribution is 7.80. The second kappa shape index (κ2) is 7.90. The van der Waals surface area contributed by atoms with E-state index in [1.165, 1.54) is 12.1 Å². The lowest BCUT2D eigenvalue weighted by Gasteiger charge is -2.29. The fourth-order valence-corrected chi connectivity index (χ4v) is 4.79. The van der Waals surface area contributed by atoms with Gasteiger partial charge in [0, 0.05) is 35.5 Å². The van der Waals surface area contributed by atoms with Crippen LogP contribution in [0.2, 0.25) is 0 Å². The zero-order chi connectivity index (χ0) is 22.4. The summed E-state index contributed by atoms with van der Waals surface area (Å²) in [6.07, 6.45) is 3.75. The first-order chi connectivity index (χ1) is 16.2. The maximum atomic E-state index is 13.6. The Morgan fingerprint density at radius 2 is 1.76 bits per heavy atom. The quantitative estimate of drug-likeness (QED) is 0.438. The fraction of sp³-hybridized carbons (Fsp3) is 0.120. The molecule has 0 unspecified atom stereocenters. The van der Waals surface area contributed by atoms with Crippen molar-refractivity contribution in [3.63, 3.8) is 0 Å². The maximum absolute atomic E-state index is 13.6. The van der Waals surface area contributed by atoms with Crippen LogP contribution in [-0.4, -0.2) is 21.5 Å². The molecule has 4 heterocycles. The minimum absolute atomic E-state index is 0.196. The monoisotopic (exact) mass is 458 g/mol. The van der Waals surface area contributed by atoms with Gasteiger partial charge in [-0.15, -0.1) is 0 Å². The average molecular weight is 459 g/mol.